The molecule has 0 saturated carbocycles. The van der Waals surface area contributed by atoms with E-state index in [0.29, 0.717) is 53.3 Å². The number of hydrogen-bond acceptors (Lipinski definition) is 7. The number of aryl methyl sites for hydroxylation is 1. The third-order valence-electron chi connectivity index (χ3n) is 11.6. The molecule has 6 heterocycles. The molecule has 2 aromatic heterocycles. The van der Waals surface area contributed by atoms with E-state index in [0.717, 1.165) is 77.8 Å². The highest BCUT2D eigenvalue weighted by molar-refractivity contribution is 6.23. The summed E-state index contributed by atoms with van der Waals surface area (Å²) in [6.45, 7) is 16.9. The van der Waals surface area contributed by atoms with Crippen LogP contribution >= 0.6 is 0 Å². The van der Waals surface area contributed by atoms with Gasteiger partial charge in [-0.05, 0) is 75.8 Å². The summed E-state index contributed by atoms with van der Waals surface area (Å²) in [5, 5.41) is 11.0. The van der Waals surface area contributed by atoms with E-state index in [2.05, 4.69) is 49.8 Å². The summed E-state index contributed by atoms with van der Waals surface area (Å²) < 4.78 is 5.45. The molecule has 10 heteroatoms. The maximum Gasteiger partial charge on any atom is 0.305 e. The molecule has 8 bridgehead atoms. The minimum Gasteiger partial charge on any atom is -0.466 e. The van der Waals surface area contributed by atoms with Crippen LogP contribution in [0.4, 0.5) is 0 Å². The molecule has 5 atom stereocenters. The molecule has 2 amide bonds. The monoisotopic (exact) mass is 709 g/mol. The number of aliphatic hydroxyl groups is 1. The molecule has 0 unspecified atom stereocenters. The lowest BCUT2D eigenvalue weighted by Crippen LogP contribution is -2.41. The number of fused-ring (bicyclic) bond motifs is 8. The molecule has 4 aliphatic heterocycles. The third-order valence-corrected chi connectivity index (χ3v) is 11.6. The van der Waals surface area contributed by atoms with Crippen LogP contribution in [0.5, 0.6) is 0 Å². The molecule has 4 aliphatic rings. The van der Waals surface area contributed by atoms with E-state index in [-0.39, 0.29) is 47.9 Å². The Morgan fingerprint density at radius 1 is 0.904 bits per heavy atom. The van der Waals surface area contributed by atoms with Crippen molar-refractivity contribution in [3.63, 3.8) is 0 Å². The summed E-state index contributed by atoms with van der Waals surface area (Å²) in [4.78, 5) is 60.8. The zero-order chi connectivity index (χ0) is 37.4. The van der Waals surface area contributed by atoms with E-state index in [1.165, 1.54) is 4.90 Å². The van der Waals surface area contributed by atoms with Crippen LogP contribution in [0.1, 0.15) is 184 Å². The number of hydrogen-bond donors (Lipinski definition) is 3. The summed E-state index contributed by atoms with van der Waals surface area (Å²) in [5.74, 6) is -1.04. The van der Waals surface area contributed by atoms with E-state index in [9.17, 15) is 19.5 Å². The van der Waals surface area contributed by atoms with Crippen LogP contribution < -0.4 is 0 Å². The molecule has 0 spiro atoms. The number of amides is 2. The fourth-order valence-electron chi connectivity index (χ4n) is 8.51. The van der Waals surface area contributed by atoms with E-state index in [4.69, 9.17) is 14.7 Å². The fraction of sp³-hybridized carbons (Fsp3) is 0.548. The van der Waals surface area contributed by atoms with Crippen molar-refractivity contribution < 1.29 is 24.2 Å². The largest absolute Gasteiger partial charge is 0.466 e. The van der Waals surface area contributed by atoms with Gasteiger partial charge < -0.3 is 19.8 Å². The first-order valence-electron chi connectivity index (χ1n) is 19.4. The van der Waals surface area contributed by atoms with Crippen LogP contribution in [-0.4, -0.2) is 67.0 Å². The molecule has 52 heavy (non-hydrogen) atoms. The van der Waals surface area contributed by atoms with Crippen molar-refractivity contribution in [3.05, 3.63) is 69.1 Å². The van der Waals surface area contributed by atoms with Crippen molar-refractivity contribution >= 4 is 40.0 Å². The molecular weight excluding hydrogens is 654 g/mol. The Balaban J connectivity index is 1.68. The first kappa shape index (κ1) is 37.4. The molecule has 278 valence electrons. The lowest BCUT2D eigenvalue weighted by Gasteiger charge is -2.27. The number of nitrogens with one attached hydrogen (secondary N) is 2. The Morgan fingerprint density at radius 3 is 2.35 bits per heavy atom. The summed E-state index contributed by atoms with van der Waals surface area (Å²) in [6.07, 6.45) is 5.22. The molecule has 0 aliphatic carbocycles. The maximum absolute atomic E-state index is 14.7. The number of aromatic amines is 2. The predicted octanol–water partition coefficient (Wildman–Crippen LogP) is 8.75. The van der Waals surface area contributed by atoms with E-state index >= 15 is 0 Å². The molecule has 0 radical (unpaired) electrons. The quantitative estimate of drug-likeness (QED) is 0.114. The summed E-state index contributed by atoms with van der Waals surface area (Å²) in [6, 6.07) is 6.11. The summed E-state index contributed by atoms with van der Waals surface area (Å²) in [5.41, 5.74) is 9.38. The zero-order valence-corrected chi connectivity index (χ0v) is 32.1. The lowest BCUT2D eigenvalue weighted by molar-refractivity contribution is -0.143. The van der Waals surface area contributed by atoms with Gasteiger partial charge in [0.2, 0.25) is 0 Å². The molecule has 3 N–H and O–H groups in total. The van der Waals surface area contributed by atoms with Gasteiger partial charge in [-0.25, -0.2) is 4.98 Å². The Labute approximate surface area is 307 Å². The highest BCUT2D eigenvalue weighted by Crippen LogP contribution is 2.45. The van der Waals surface area contributed by atoms with Gasteiger partial charge in [0.25, 0.3) is 11.8 Å². The standard InChI is InChI=1S/C42H55N5O5/c1-9-12-13-14-17-47-41(50)37-25(7)32-20-33-27(11-3)22(4)29(43-33)21-34-36(26(8)48)24(6)31(44-34)19-30-23(5)28(15-16-35(49)52-18-10-2)39(45-30)38(42(47)51)40(37)46-32/h19-23,26-28,43,46,48H,9-18H2,1-8H3/t22-,23+,26+,27-,28+/m1/s1. The fourth-order valence-corrected chi connectivity index (χ4v) is 8.51. The van der Waals surface area contributed by atoms with Crippen LogP contribution in [0.3, 0.4) is 0 Å². The number of carbonyl (C=O) groups is 3. The maximum atomic E-state index is 14.7. The first-order chi connectivity index (χ1) is 24.9. The zero-order valence-electron chi connectivity index (χ0n) is 32.1. The van der Waals surface area contributed by atoms with Gasteiger partial charge in [0.15, 0.2) is 0 Å². The average molecular weight is 710 g/mol. The SMILES string of the molecule is CCCCCCN1C(=O)c2c3nc(cc4nc(cc5[nH]c(cc6[nH]c2c(c6C)C1=O)[C@H](CC)[C@H]5C)C([C@H](C)O)=C4C)[C@@H](C)[C@@H]3CCC(=O)OCCC. The summed E-state index contributed by atoms with van der Waals surface area (Å²) in [7, 11) is 0. The molecule has 0 aromatic carbocycles. The number of aromatic nitrogens is 4. The van der Waals surface area contributed by atoms with Crippen LogP contribution in [0.2, 0.25) is 0 Å². The van der Waals surface area contributed by atoms with Gasteiger partial charge in [-0.1, -0.05) is 53.9 Å². The topological polar surface area (TPSA) is 141 Å². The predicted molar refractivity (Wildman–Crippen MR) is 204 cm³/mol. The number of H-pyrrole nitrogens is 2. The molecule has 6 rings (SSSR count). The number of allylic oxidation sites excluding steroid dienone is 1. The minimum absolute atomic E-state index is 0.160. The van der Waals surface area contributed by atoms with Crippen LogP contribution in [0.25, 0.3) is 22.2 Å². The molecular formula is C42H55N5O5. The van der Waals surface area contributed by atoms with E-state index in [1.807, 2.05) is 26.8 Å². The number of imide groups is 1. The molecule has 0 fully saturated rings. The Bertz CT molecular complexity index is 1990. The van der Waals surface area contributed by atoms with Crippen molar-refractivity contribution in [3.8, 4) is 0 Å². The van der Waals surface area contributed by atoms with Crippen LogP contribution in [-0.2, 0) is 9.53 Å². The smallest absolute Gasteiger partial charge is 0.305 e. The van der Waals surface area contributed by atoms with Crippen molar-refractivity contribution in [1.29, 1.82) is 0 Å². The first-order valence-corrected chi connectivity index (χ1v) is 19.4. The van der Waals surface area contributed by atoms with Crippen LogP contribution in [0.15, 0.2) is 18.2 Å². The van der Waals surface area contributed by atoms with Crippen molar-refractivity contribution in [2.24, 2.45) is 0 Å². The highest BCUT2D eigenvalue weighted by Gasteiger charge is 2.41. The van der Waals surface area contributed by atoms with E-state index in [1.54, 1.807) is 6.92 Å². The second-order valence-corrected chi connectivity index (χ2v) is 15.1. The van der Waals surface area contributed by atoms with Gasteiger partial charge in [0.05, 0.1) is 46.4 Å². The van der Waals surface area contributed by atoms with Gasteiger partial charge in [0, 0.05) is 64.8 Å². The Hall–Kier alpha value is -4.31. The second kappa shape index (κ2) is 15.3. The average Bonchev–Trinajstić information content (AvgIpc) is 3.79. The number of aliphatic hydroxyl groups excluding tert-OH is 1. The van der Waals surface area contributed by atoms with Crippen molar-refractivity contribution in [1.82, 2.24) is 24.8 Å². The normalized spacial score (nSPS) is 21.1. The van der Waals surface area contributed by atoms with Gasteiger partial charge in [-0.2, -0.15) is 0 Å². The van der Waals surface area contributed by atoms with Crippen molar-refractivity contribution in [2.75, 3.05) is 13.2 Å². The van der Waals surface area contributed by atoms with Gasteiger partial charge >= 0.3 is 5.97 Å². The number of rotatable bonds is 12. The number of unbranched alkanes of at least 4 members (excludes halogenated alkanes) is 3. The van der Waals surface area contributed by atoms with Gasteiger partial charge in [0.1, 0.15) is 0 Å². The van der Waals surface area contributed by atoms with E-state index < -0.39 is 6.10 Å². The minimum atomic E-state index is -0.737. The number of ether oxygens (including phenoxy) is 1. The van der Waals surface area contributed by atoms with Gasteiger partial charge in [-0.15, -0.1) is 0 Å². The summed E-state index contributed by atoms with van der Waals surface area (Å²) >= 11 is 0. The lowest BCUT2D eigenvalue weighted by atomic mass is 9.84. The number of esters is 1. The molecule has 2 aromatic rings. The van der Waals surface area contributed by atoms with Crippen molar-refractivity contribution in [2.45, 2.75) is 137 Å². The Morgan fingerprint density at radius 2 is 1.65 bits per heavy atom. The number of nitrogens with zero attached hydrogens (tertiary/aromatic N) is 3. The molecule has 10 nitrogen and oxygen atoms in total. The van der Waals surface area contributed by atoms with Crippen LogP contribution in [0, 0.1) is 6.92 Å². The highest BCUT2D eigenvalue weighted by atomic mass is 16.5. The molecule has 0 saturated heterocycles. The number of carbonyl (C=O) groups excluding carboxylic acids is 3. The second-order valence-electron chi connectivity index (χ2n) is 15.1. The van der Waals surface area contributed by atoms with Gasteiger partial charge in [-0.3, -0.25) is 24.3 Å². The third kappa shape index (κ3) is 6.70. The Kier molecular flexibility index (Phi) is 11.1.